The second kappa shape index (κ2) is 5.95. The molecule has 0 radical (unpaired) electrons. The van der Waals surface area contributed by atoms with Crippen molar-refractivity contribution in [3.63, 3.8) is 0 Å². The Hall–Kier alpha value is -1.72. The summed E-state index contributed by atoms with van der Waals surface area (Å²) in [4.78, 5) is 3.89. The molecule has 0 aliphatic rings. The minimum atomic E-state index is -3.33. The van der Waals surface area contributed by atoms with Gasteiger partial charge in [0.25, 0.3) is 0 Å². The molecule has 1 aromatic carbocycles. The number of nitrogens with zero attached hydrogens (tertiary/aromatic N) is 1. The number of pyridine rings is 1. The molecule has 1 N–H and O–H groups in total. The van der Waals surface area contributed by atoms with Crippen LogP contribution < -0.4 is 4.72 Å². The highest BCUT2D eigenvalue weighted by atomic mass is 32.2. The quantitative estimate of drug-likeness (QED) is 0.908. The van der Waals surface area contributed by atoms with Crippen molar-refractivity contribution in [2.75, 3.05) is 0 Å². The van der Waals surface area contributed by atoms with Crippen LogP contribution in [-0.2, 0) is 22.3 Å². The molecule has 2 rings (SSSR count). The van der Waals surface area contributed by atoms with Crippen LogP contribution in [0.15, 0.2) is 48.8 Å². The van der Waals surface area contributed by atoms with Gasteiger partial charge in [0.2, 0.25) is 10.0 Å². The van der Waals surface area contributed by atoms with Gasteiger partial charge in [-0.3, -0.25) is 4.98 Å². The number of benzene rings is 1. The van der Waals surface area contributed by atoms with Gasteiger partial charge in [-0.05, 0) is 35.7 Å². The maximum Gasteiger partial charge on any atom is 0.216 e. The SMILES string of the molecule is Cc1ccccc1CS(=O)(=O)NCc1ccncc1. The van der Waals surface area contributed by atoms with Gasteiger partial charge in [0.1, 0.15) is 0 Å². The zero-order valence-corrected chi connectivity index (χ0v) is 11.5. The topological polar surface area (TPSA) is 59.1 Å². The van der Waals surface area contributed by atoms with E-state index in [0.29, 0.717) is 0 Å². The Morgan fingerprint density at radius 1 is 1.11 bits per heavy atom. The van der Waals surface area contributed by atoms with Crippen molar-refractivity contribution in [1.29, 1.82) is 0 Å². The number of nitrogens with one attached hydrogen (secondary N) is 1. The molecule has 19 heavy (non-hydrogen) atoms. The van der Waals surface area contributed by atoms with Gasteiger partial charge >= 0.3 is 0 Å². The van der Waals surface area contributed by atoms with E-state index in [1.807, 2.05) is 31.2 Å². The molecular weight excluding hydrogens is 260 g/mol. The average molecular weight is 276 g/mol. The lowest BCUT2D eigenvalue weighted by atomic mass is 10.1. The smallest absolute Gasteiger partial charge is 0.216 e. The molecule has 0 aliphatic carbocycles. The van der Waals surface area contributed by atoms with Crippen LogP contribution in [0.5, 0.6) is 0 Å². The van der Waals surface area contributed by atoms with Gasteiger partial charge < -0.3 is 0 Å². The normalized spacial score (nSPS) is 11.4. The monoisotopic (exact) mass is 276 g/mol. The van der Waals surface area contributed by atoms with E-state index in [1.54, 1.807) is 24.5 Å². The molecule has 1 heterocycles. The van der Waals surface area contributed by atoms with E-state index < -0.39 is 10.0 Å². The highest BCUT2D eigenvalue weighted by Crippen LogP contribution is 2.10. The van der Waals surface area contributed by atoms with Crippen molar-refractivity contribution >= 4 is 10.0 Å². The van der Waals surface area contributed by atoms with Gasteiger partial charge in [0.15, 0.2) is 0 Å². The van der Waals surface area contributed by atoms with Crippen LogP contribution in [0.4, 0.5) is 0 Å². The summed E-state index contributed by atoms with van der Waals surface area (Å²) in [7, 11) is -3.33. The zero-order valence-electron chi connectivity index (χ0n) is 10.7. The summed E-state index contributed by atoms with van der Waals surface area (Å²) in [5.41, 5.74) is 2.70. The maximum absolute atomic E-state index is 12.0. The Kier molecular flexibility index (Phi) is 4.29. The molecule has 0 saturated heterocycles. The molecule has 5 heteroatoms. The minimum absolute atomic E-state index is 0.00472. The molecule has 0 bridgehead atoms. The molecule has 0 unspecified atom stereocenters. The van der Waals surface area contributed by atoms with Crippen molar-refractivity contribution in [3.8, 4) is 0 Å². The van der Waals surface area contributed by atoms with E-state index in [4.69, 9.17) is 0 Å². The summed E-state index contributed by atoms with van der Waals surface area (Å²) in [5, 5.41) is 0. The van der Waals surface area contributed by atoms with Crippen molar-refractivity contribution in [2.24, 2.45) is 0 Å². The molecule has 1 aromatic heterocycles. The van der Waals surface area contributed by atoms with Crippen LogP contribution in [0.2, 0.25) is 0 Å². The molecule has 0 spiro atoms. The number of aryl methyl sites for hydroxylation is 1. The lowest BCUT2D eigenvalue weighted by Crippen LogP contribution is -2.25. The first-order valence-corrected chi connectivity index (χ1v) is 7.63. The van der Waals surface area contributed by atoms with Crippen molar-refractivity contribution in [2.45, 2.75) is 19.2 Å². The molecule has 0 fully saturated rings. The van der Waals surface area contributed by atoms with Crippen LogP contribution >= 0.6 is 0 Å². The number of sulfonamides is 1. The highest BCUT2D eigenvalue weighted by molar-refractivity contribution is 7.88. The Morgan fingerprint density at radius 3 is 2.47 bits per heavy atom. The van der Waals surface area contributed by atoms with Crippen LogP contribution in [0.1, 0.15) is 16.7 Å². The van der Waals surface area contributed by atoms with Crippen LogP contribution in [0.25, 0.3) is 0 Å². The molecule has 4 nitrogen and oxygen atoms in total. The average Bonchev–Trinajstić information content (AvgIpc) is 2.40. The predicted molar refractivity (Wildman–Crippen MR) is 74.9 cm³/mol. The summed E-state index contributed by atoms with van der Waals surface area (Å²) in [6.07, 6.45) is 3.29. The molecular formula is C14H16N2O2S. The van der Waals surface area contributed by atoms with E-state index in [9.17, 15) is 8.42 Å². The Bertz CT molecular complexity index is 640. The van der Waals surface area contributed by atoms with Crippen LogP contribution in [-0.4, -0.2) is 13.4 Å². The van der Waals surface area contributed by atoms with E-state index >= 15 is 0 Å². The molecule has 2 aromatic rings. The Balaban J connectivity index is 2.02. The van der Waals surface area contributed by atoms with Crippen molar-refractivity contribution in [1.82, 2.24) is 9.71 Å². The minimum Gasteiger partial charge on any atom is -0.265 e. The van der Waals surface area contributed by atoms with E-state index in [2.05, 4.69) is 9.71 Å². The third kappa shape index (κ3) is 4.15. The summed E-state index contributed by atoms with van der Waals surface area (Å²) in [6.45, 7) is 2.20. The summed E-state index contributed by atoms with van der Waals surface area (Å²) < 4.78 is 26.6. The van der Waals surface area contributed by atoms with Crippen LogP contribution in [0, 0.1) is 6.92 Å². The largest absolute Gasteiger partial charge is 0.265 e. The molecule has 0 aliphatic heterocycles. The van der Waals surface area contributed by atoms with Gasteiger partial charge in [-0.1, -0.05) is 24.3 Å². The number of rotatable bonds is 5. The first-order valence-electron chi connectivity index (χ1n) is 5.97. The Morgan fingerprint density at radius 2 is 1.79 bits per heavy atom. The van der Waals surface area contributed by atoms with Gasteiger partial charge in [0, 0.05) is 18.9 Å². The fourth-order valence-corrected chi connectivity index (χ4v) is 2.94. The number of hydrogen-bond donors (Lipinski definition) is 1. The van der Waals surface area contributed by atoms with E-state index in [0.717, 1.165) is 16.7 Å². The first-order chi connectivity index (χ1) is 9.07. The third-order valence-corrected chi connectivity index (χ3v) is 4.13. The fourth-order valence-electron chi connectivity index (χ4n) is 1.72. The van der Waals surface area contributed by atoms with Crippen molar-refractivity contribution < 1.29 is 8.42 Å². The maximum atomic E-state index is 12.0. The van der Waals surface area contributed by atoms with E-state index in [-0.39, 0.29) is 12.3 Å². The third-order valence-electron chi connectivity index (χ3n) is 2.85. The standard InChI is InChI=1S/C14H16N2O2S/c1-12-4-2-3-5-14(12)11-19(17,18)16-10-13-6-8-15-9-7-13/h2-9,16H,10-11H2,1H3. The number of aromatic nitrogens is 1. The van der Waals surface area contributed by atoms with E-state index in [1.165, 1.54) is 0 Å². The lowest BCUT2D eigenvalue weighted by Gasteiger charge is -2.08. The molecule has 0 amide bonds. The fraction of sp³-hybridized carbons (Fsp3) is 0.214. The summed E-state index contributed by atoms with van der Waals surface area (Å²) >= 11 is 0. The van der Waals surface area contributed by atoms with Crippen LogP contribution in [0.3, 0.4) is 0 Å². The van der Waals surface area contributed by atoms with Crippen molar-refractivity contribution in [3.05, 3.63) is 65.5 Å². The zero-order chi connectivity index (χ0) is 13.7. The molecule has 0 atom stereocenters. The Labute approximate surface area is 113 Å². The second-order valence-corrected chi connectivity index (χ2v) is 6.17. The second-order valence-electron chi connectivity index (χ2n) is 4.36. The molecule has 100 valence electrons. The highest BCUT2D eigenvalue weighted by Gasteiger charge is 2.12. The summed E-state index contributed by atoms with van der Waals surface area (Å²) in [6, 6.07) is 11.1. The van der Waals surface area contributed by atoms with Gasteiger partial charge in [0.05, 0.1) is 5.75 Å². The molecule has 0 saturated carbocycles. The van der Waals surface area contributed by atoms with Gasteiger partial charge in [-0.15, -0.1) is 0 Å². The first kappa shape index (κ1) is 13.7. The summed E-state index contributed by atoms with van der Waals surface area (Å²) in [5.74, 6) is 0.00472. The predicted octanol–water partition coefficient (Wildman–Crippen LogP) is 2.01. The van der Waals surface area contributed by atoms with Gasteiger partial charge in [-0.2, -0.15) is 0 Å². The number of hydrogen-bond acceptors (Lipinski definition) is 3. The van der Waals surface area contributed by atoms with Gasteiger partial charge in [-0.25, -0.2) is 13.1 Å². The lowest BCUT2D eigenvalue weighted by molar-refractivity contribution is 0.580.